The SMILES string of the molecule is Cc1ccc(C(C)C)cc1C(=O)CCN. The Bertz CT molecular complexity index is 356. The van der Waals surface area contributed by atoms with E-state index in [0.29, 0.717) is 18.9 Å². The third kappa shape index (κ3) is 2.90. The predicted molar refractivity (Wildman–Crippen MR) is 63.3 cm³/mol. The summed E-state index contributed by atoms with van der Waals surface area (Å²) >= 11 is 0. The Morgan fingerprint density at radius 3 is 2.60 bits per heavy atom. The molecule has 0 aromatic heterocycles. The van der Waals surface area contributed by atoms with Crippen molar-refractivity contribution in [1.29, 1.82) is 0 Å². The van der Waals surface area contributed by atoms with E-state index in [1.54, 1.807) is 0 Å². The average molecular weight is 205 g/mol. The summed E-state index contributed by atoms with van der Waals surface area (Å²) in [5.74, 6) is 0.604. The first-order valence-electron chi connectivity index (χ1n) is 5.40. The Labute approximate surface area is 91.5 Å². The van der Waals surface area contributed by atoms with E-state index in [4.69, 9.17) is 5.73 Å². The highest BCUT2D eigenvalue weighted by atomic mass is 16.1. The van der Waals surface area contributed by atoms with Crippen molar-refractivity contribution in [2.24, 2.45) is 5.73 Å². The van der Waals surface area contributed by atoms with Crippen LogP contribution in [0.3, 0.4) is 0 Å². The van der Waals surface area contributed by atoms with Crippen LogP contribution < -0.4 is 5.73 Å². The zero-order valence-corrected chi connectivity index (χ0v) is 9.71. The van der Waals surface area contributed by atoms with Gasteiger partial charge in [-0.2, -0.15) is 0 Å². The predicted octanol–water partition coefficient (Wildman–Crippen LogP) is 2.65. The van der Waals surface area contributed by atoms with E-state index in [2.05, 4.69) is 19.9 Å². The second-order valence-electron chi connectivity index (χ2n) is 4.19. The van der Waals surface area contributed by atoms with Crippen molar-refractivity contribution in [3.8, 4) is 0 Å². The molecule has 0 saturated heterocycles. The Kier molecular flexibility index (Phi) is 4.04. The van der Waals surface area contributed by atoms with E-state index in [1.807, 2.05) is 19.1 Å². The fourth-order valence-corrected chi connectivity index (χ4v) is 1.56. The number of benzene rings is 1. The second kappa shape index (κ2) is 5.08. The molecule has 0 amide bonds. The third-order valence-corrected chi connectivity index (χ3v) is 2.60. The summed E-state index contributed by atoms with van der Waals surface area (Å²) < 4.78 is 0. The van der Waals surface area contributed by atoms with Gasteiger partial charge in [-0.3, -0.25) is 4.79 Å². The highest BCUT2D eigenvalue weighted by Crippen LogP contribution is 2.19. The van der Waals surface area contributed by atoms with E-state index in [0.717, 1.165) is 11.1 Å². The van der Waals surface area contributed by atoms with Crippen LogP contribution in [-0.4, -0.2) is 12.3 Å². The standard InChI is InChI=1S/C13H19NO/c1-9(2)11-5-4-10(3)12(8-11)13(15)6-7-14/h4-5,8-9H,6-7,14H2,1-3H3. The van der Waals surface area contributed by atoms with Crippen LogP contribution in [-0.2, 0) is 0 Å². The van der Waals surface area contributed by atoms with Gasteiger partial charge in [-0.15, -0.1) is 0 Å². The van der Waals surface area contributed by atoms with Crippen molar-refractivity contribution < 1.29 is 4.79 Å². The molecule has 2 nitrogen and oxygen atoms in total. The van der Waals surface area contributed by atoms with Crippen molar-refractivity contribution in [2.45, 2.75) is 33.1 Å². The Balaban J connectivity index is 3.05. The zero-order valence-electron chi connectivity index (χ0n) is 9.71. The summed E-state index contributed by atoms with van der Waals surface area (Å²) in [6.07, 6.45) is 0.433. The summed E-state index contributed by atoms with van der Waals surface area (Å²) in [6.45, 7) is 6.64. The lowest BCUT2D eigenvalue weighted by Gasteiger charge is -2.10. The van der Waals surface area contributed by atoms with Gasteiger partial charge in [0.2, 0.25) is 0 Å². The van der Waals surface area contributed by atoms with Gasteiger partial charge in [0.05, 0.1) is 0 Å². The van der Waals surface area contributed by atoms with Crippen LogP contribution in [0, 0.1) is 6.92 Å². The van der Waals surface area contributed by atoms with Crippen LogP contribution in [0.4, 0.5) is 0 Å². The number of nitrogens with two attached hydrogens (primary N) is 1. The maximum Gasteiger partial charge on any atom is 0.164 e. The van der Waals surface area contributed by atoms with Crippen LogP contribution in [0.1, 0.15) is 47.7 Å². The first kappa shape index (κ1) is 11.9. The third-order valence-electron chi connectivity index (χ3n) is 2.60. The quantitative estimate of drug-likeness (QED) is 0.768. The molecule has 82 valence electrons. The zero-order chi connectivity index (χ0) is 11.4. The van der Waals surface area contributed by atoms with E-state index in [1.165, 1.54) is 5.56 Å². The molecule has 0 spiro atoms. The molecule has 0 unspecified atom stereocenters. The van der Waals surface area contributed by atoms with Gasteiger partial charge in [-0.25, -0.2) is 0 Å². The summed E-state index contributed by atoms with van der Waals surface area (Å²) in [6, 6.07) is 6.09. The normalized spacial score (nSPS) is 10.7. The molecule has 0 heterocycles. The lowest BCUT2D eigenvalue weighted by molar-refractivity contribution is 0.0985. The molecule has 0 aliphatic carbocycles. The number of aryl methyl sites for hydroxylation is 1. The Morgan fingerprint density at radius 2 is 2.07 bits per heavy atom. The van der Waals surface area contributed by atoms with Gasteiger partial charge < -0.3 is 5.73 Å². The van der Waals surface area contributed by atoms with E-state index in [-0.39, 0.29) is 5.78 Å². The maximum atomic E-state index is 11.8. The maximum absolute atomic E-state index is 11.8. The number of Topliss-reactive ketones (excluding diaryl/α,β-unsaturated/α-hetero) is 1. The Hall–Kier alpha value is -1.15. The number of carbonyl (C=O) groups is 1. The molecule has 0 aliphatic rings. The molecular formula is C13H19NO. The monoisotopic (exact) mass is 205 g/mol. The molecule has 0 atom stereocenters. The van der Waals surface area contributed by atoms with Crippen LogP contribution in [0.5, 0.6) is 0 Å². The molecule has 0 fully saturated rings. The Morgan fingerprint density at radius 1 is 1.40 bits per heavy atom. The number of hydrogen-bond acceptors (Lipinski definition) is 2. The van der Waals surface area contributed by atoms with Gasteiger partial charge in [0.25, 0.3) is 0 Å². The fraction of sp³-hybridized carbons (Fsp3) is 0.462. The number of carbonyl (C=O) groups excluding carboxylic acids is 1. The van der Waals surface area contributed by atoms with Crippen LogP contribution >= 0.6 is 0 Å². The molecule has 0 radical (unpaired) electrons. The molecule has 0 bridgehead atoms. The van der Waals surface area contributed by atoms with Gasteiger partial charge >= 0.3 is 0 Å². The first-order valence-corrected chi connectivity index (χ1v) is 5.40. The molecule has 0 aliphatic heterocycles. The van der Waals surface area contributed by atoms with Gasteiger partial charge in [-0.1, -0.05) is 26.0 Å². The highest BCUT2D eigenvalue weighted by Gasteiger charge is 2.10. The average Bonchev–Trinajstić information content (AvgIpc) is 2.18. The van der Waals surface area contributed by atoms with Crippen molar-refractivity contribution in [1.82, 2.24) is 0 Å². The summed E-state index contributed by atoms with van der Waals surface area (Å²) in [5, 5.41) is 0. The van der Waals surface area contributed by atoms with Crippen LogP contribution in [0.15, 0.2) is 18.2 Å². The largest absolute Gasteiger partial charge is 0.330 e. The fourth-order valence-electron chi connectivity index (χ4n) is 1.56. The summed E-state index contributed by atoms with van der Waals surface area (Å²) in [7, 11) is 0. The topological polar surface area (TPSA) is 43.1 Å². The molecule has 2 N–H and O–H groups in total. The summed E-state index contributed by atoms with van der Waals surface area (Å²) in [5.41, 5.74) is 8.47. The van der Waals surface area contributed by atoms with E-state index in [9.17, 15) is 4.79 Å². The van der Waals surface area contributed by atoms with Crippen LogP contribution in [0.25, 0.3) is 0 Å². The first-order chi connectivity index (χ1) is 7.06. The molecule has 15 heavy (non-hydrogen) atoms. The second-order valence-corrected chi connectivity index (χ2v) is 4.19. The molecule has 1 aromatic rings. The summed E-state index contributed by atoms with van der Waals surface area (Å²) in [4.78, 5) is 11.8. The van der Waals surface area contributed by atoms with Gasteiger partial charge in [-0.05, 0) is 36.6 Å². The molecule has 2 heteroatoms. The van der Waals surface area contributed by atoms with Crippen molar-refractivity contribution >= 4 is 5.78 Å². The van der Waals surface area contributed by atoms with Crippen molar-refractivity contribution in [2.75, 3.05) is 6.54 Å². The minimum Gasteiger partial charge on any atom is -0.330 e. The van der Waals surface area contributed by atoms with Gasteiger partial charge in [0, 0.05) is 12.0 Å². The number of ketones is 1. The van der Waals surface area contributed by atoms with Crippen LogP contribution in [0.2, 0.25) is 0 Å². The molecule has 1 rings (SSSR count). The lowest BCUT2D eigenvalue weighted by atomic mass is 9.95. The highest BCUT2D eigenvalue weighted by molar-refractivity contribution is 5.97. The van der Waals surface area contributed by atoms with E-state index < -0.39 is 0 Å². The van der Waals surface area contributed by atoms with E-state index >= 15 is 0 Å². The minimum absolute atomic E-state index is 0.150. The van der Waals surface area contributed by atoms with Gasteiger partial charge in [0.1, 0.15) is 0 Å². The minimum atomic E-state index is 0.150. The number of rotatable bonds is 4. The molecule has 0 saturated carbocycles. The molecule has 1 aromatic carbocycles. The smallest absolute Gasteiger partial charge is 0.164 e. The molecular weight excluding hydrogens is 186 g/mol. The van der Waals surface area contributed by atoms with Crippen molar-refractivity contribution in [3.05, 3.63) is 34.9 Å². The number of hydrogen-bond donors (Lipinski definition) is 1. The van der Waals surface area contributed by atoms with Gasteiger partial charge in [0.15, 0.2) is 5.78 Å². The van der Waals surface area contributed by atoms with Crippen molar-refractivity contribution in [3.63, 3.8) is 0 Å². The lowest BCUT2D eigenvalue weighted by Crippen LogP contribution is -2.10.